The van der Waals surface area contributed by atoms with Crippen molar-refractivity contribution >= 4 is 0 Å². The van der Waals surface area contributed by atoms with Crippen molar-refractivity contribution in [1.82, 2.24) is 5.32 Å². The number of hydrogen-bond donors (Lipinski definition) is 2. The van der Waals surface area contributed by atoms with Gasteiger partial charge in [-0.1, -0.05) is 24.3 Å². The molecule has 1 aromatic rings. The van der Waals surface area contributed by atoms with Crippen LogP contribution in [0.5, 0.6) is 0 Å². The Morgan fingerprint density at radius 2 is 2.08 bits per heavy atom. The van der Waals surface area contributed by atoms with Crippen molar-refractivity contribution in [1.29, 1.82) is 0 Å². The Hall–Kier alpha value is -0.860. The molecule has 1 aromatic carbocycles. The fourth-order valence-electron chi connectivity index (χ4n) is 1.99. The number of aliphatic hydroxyl groups excluding tert-OH is 1. The zero-order chi connectivity index (χ0) is 9.26. The van der Waals surface area contributed by atoms with Crippen LogP contribution in [0.3, 0.4) is 0 Å². The standard InChI is InChI=1S/C11H15NO/c1-8-4-2-3-5-9(8)10-6-12-7-11(10)13/h2-5,10-13H,6-7H2,1H3. The van der Waals surface area contributed by atoms with E-state index < -0.39 is 0 Å². The molecule has 1 aliphatic rings. The van der Waals surface area contributed by atoms with Crippen LogP contribution in [-0.2, 0) is 0 Å². The van der Waals surface area contributed by atoms with E-state index in [0.717, 1.165) is 13.1 Å². The Morgan fingerprint density at radius 1 is 1.31 bits per heavy atom. The third-order valence-corrected chi connectivity index (χ3v) is 2.77. The second kappa shape index (κ2) is 3.48. The minimum atomic E-state index is -0.221. The molecule has 0 amide bonds. The normalized spacial score (nSPS) is 27.8. The van der Waals surface area contributed by atoms with Gasteiger partial charge in [0, 0.05) is 19.0 Å². The highest BCUT2D eigenvalue weighted by Crippen LogP contribution is 2.25. The van der Waals surface area contributed by atoms with Crippen molar-refractivity contribution in [2.24, 2.45) is 0 Å². The van der Waals surface area contributed by atoms with Gasteiger partial charge in [-0.3, -0.25) is 0 Å². The molecular formula is C11H15NO. The van der Waals surface area contributed by atoms with E-state index in [9.17, 15) is 5.11 Å². The van der Waals surface area contributed by atoms with E-state index in [1.54, 1.807) is 0 Å². The van der Waals surface area contributed by atoms with Crippen molar-refractivity contribution in [2.75, 3.05) is 13.1 Å². The molecule has 0 saturated carbocycles. The van der Waals surface area contributed by atoms with E-state index in [-0.39, 0.29) is 12.0 Å². The van der Waals surface area contributed by atoms with Crippen LogP contribution < -0.4 is 5.32 Å². The van der Waals surface area contributed by atoms with Crippen molar-refractivity contribution in [3.63, 3.8) is 0 Å². The van der Waals surface area contributed by atoms with Gasteiger partial charge in [0.25, 0.3) is 0 Å². The van der Waals surface area contributed by atoms with Gasteiger partial charge in [-0.25, -0.2) is 0 Å². The summed E-state index contributed by atoms with van der Waals surface area (Å²) in [5.41, 5.74) is 2.55. The van der Waals surface area contributed by atoms with Gasteiger partial charge < -0.3 is 10.4 Å². The summed E-state index contributed by atoms with van der Waals surface area (Å²) in [5, 5.41) is 12.9. The quantitative estimate of drug-likeness (QED) is 0.672. The molecular weight excluding hydrogens is 162 g/mol. The first kappa shape index (κ1) is 8.73. The van der Waals surface area contributed by atoms with Crippen LogP contribution in [-0.4, -0.2) is 24.3 Å². The fourth-order valence-corrected chi connectivity index (χ4v) is 1.99. The third-order valence-electron chi connectivity index (χ3n) is 2.77. The number of β-amino-alcohol motifs (C(OH)–C–C–N with tert-alkyl or cyclic N) is 1. The van der Waals surface area contributed by atoms with Gasteiger partial charge in [-0.2, -0.15) is 0 Å². The molecule has 1 saturated heterocycles. The maximum Gasteiger partial charge on any atom is 0.0745 e. The molecule has 2 nitrogen and oxygen atoms in total. The average molecular weight is 177 g/mol. The highest BCUT2D eigenvalue weighted by atomic mass is 16.3. The zero-order valence-corrected chi connectivity index (χ0v) is 7.83. The molecule has 1 heterocycles. The largest absolute Gasteiger partial charge is 0.391 e. The van der Waals surface area contributed by atoms with Gasteiger partial charge in [0.15, 0.2) is 0 Å². The summed E-state index contributed by atoms with van der Waals surface area (Å²) in [7, 11) is 0. The van der Waals surface area contributed by atoms with Crippen LogP contribution in [0.1, 0.15) is 17.0 Å². The van der Waals surface area contributed by atoms with E-state index in [4.69, 9.17) is 0 Å². The fraction of sp³-hybridized carbons (Fsp3) is 0.455. The van der Waals surface area contributed by atoms with Crippen LogP contribution in [0.4, 0.5) is 0 Å². The number of benzene rings is 1. The van der Waals surface area contributed by atoms with Crippen molar-refractivity contribution in [3.8, 4) is 0 Å². The molecule has 2 unspecified atom stereocenters. The van der Waals surface area contributed by atoms with Gasteiger partial charge in [-0.15, -0.1) is 0 Å². The average Bonchev–Trinajstić information content (AvgIpc) is 2.52. The summed E-state index contributed by atoms with van der Waals surface area (Å²) in [5.74, 6) is 0.279. The first-order valence-electron chi connectivity index (χ1n) is 4.73. The molecule has 0 aromatic heterocycles. The lowest BCUT2D eigenvalue weighted by molar-refractivity contribution is 0.177. The molecule has 2 atom stereocenters. The summed E-state index contributed by atoms with van der Waals surface area (Å²) in [6.07, 6.45) is -0.221. The first-order chi connectivity index (χ1) is 6.29. The predicted octanol–water partition coefficient (Wildman–Crippen LogP) is 1.04. The Morgan fingerprint density at radius 3 is 2.69 bits per heavy atom. The van der Waals surface area contributed by atoms with Crippen LogP contribution >= 0.6 is 0 Å². The number of aryl methyl sites for hydroxylation is 1. The molecule has 2 N–H and O–H groups in total. The topological polar surface area (TPSA) is 32.3 Å². The highest BCUT2D eigenvalue weighted by molar-refractivity contribution is 5.31. The summed E-state index contributed by atoms with van der Waals surface area (Å²) >= 11 is 0. The SMILES string of the molecule is Cc1ccccc1C1CNCC1O. The minimum absolute atomic E-state index is 0.221. The Bertz CT molecular complexity index is 298. The molecule has 1 aliphatic heterocycles. The van der Waals surface area contributed by atoms with E-state index in [1.807, 2.05) is 12.1 Å². The predicted molar refractivity (Wildman–Crippen MR) is 52.8 cm³/mol. The smallest absolute Gasteiger partial charge is 0.0745 e. The Balaban J connectivity index is 2.29. The van der Waals surface area contributed by atoms with E-state index in [0.29, 0.717) is 0 Å². The maximum atomic E-state index is 9.70. The highest BCUT2D eigenvalue weighted by Gasteiger charge is 2.26. The van der Waals surface area contributed by atoms with Crippen molar-refractivity contribution < 1.29 is 5.11 Å². The minimum Gasteiger partial charge on any atom is -0.391 e. The van der Waals surface area contributed by atoms with Crippen LogP contribution in [0.2, 0.25) is 0 Å². The second-order valence-electron chi connectivity index (χ2n) is 3.69. The molecule has 0 radical (unpaired) electrons. The number of rotatable bonds is 1. The molecule has 1 fully saturated rings. The van der Waals surface area contributed by atoms with Crippen LogP contribution in [0.25, 0.3) is 0 Å². The number of hydrogen-bond acceptors (Lipinski definition) is 2. The third kappa shape index (κ3) is 1.60. The van der Waals surface area contributed by atoms with Gasteiger partial charge in [0.1, 0.15) is 0 Å². The van der Waals surface area contributed by atoms with Gasteiger partial charge in [-0.05, 0) is 18.1 Å². The maximum absolute atomic E-state index is 9.70. The molecule has 0 bridgehead atoms. The van der Waals surface area contributed by atoms with Gasteiger partial charge in [0.05, 0.1) is 6.10 Å². The Kier molecular flexibility index (Phi) is 2.34. The lowest BCUT2D eigenvalue weighted by atomic mass is 9.92. The molecule has 0 aliphatic carbocycles. The van der Waals surface area contributed by atoms with Crippen molar-refractivity contribution in [2.45, 2.75) is 18.9 Å². The summed E-state index contributed by atoms with van der Waals surface area (Å²) in [6, 6.07) is 8.28. The first-order valence-corrected chi connectivity index (χ1v) is 4.73. The molecule has 2 heteroatoms. The van der Waals surface area contributed by atoms with Gasteiger partial charge in [0.2, 0.25) is 0 Å². The lowest BCUT2D eigenvalue weighted by Gasteiger charge is -2.15. The Labute approximate surface area is 78.6 Å². The number of aliphatic hydroxyl groups is 1. The van der Waals surface area contributed by atoms with Gasteiger partial charge >= 0.3 is 0 Å². The monoisotopic (exact) mass is 177 g/mol. The van der Waals surface area contributed by atoms with Crippen molar-refractivity contribution in [3.05, 3.63) is 35.4 Å². The van der Waals surface area contributed by atoms with E-state index >= 15 is 0 Å². The van der Waals surface area contributed by atoms with E-state index in [2.05, 4.69) is 24.4 Å². The van der Waals surface area contributed by atoms with Crippen LogP contribution in [0, 0.1) is 6.92 Å². The zero-order valence-electron chi connectivity index (χ0n) is 7.83. The summed E-state index contributed by atoms with van der Waals surface area (Å²) < 4.78 is 0. The molecule has 0 spiro atoms. The molecule has 13 heavy (non-hydrogen) atoms. The second-order valence-corrected chi connectivity index (χ2v) is 3.69. The number of nitrogens with one attached hydrogen (secondary N) is 1. The van der Waals surface area contributed by atoms with E-state index in [1.165, 1.54) is 11.1 Å². The van der Waals surface area contributed by atoms with Crippen LogP contribution in [0.15, 0.2) is 24.3 Å². The lowest BCUT2D eigenvalue weighted by Crippen LogP contribution is -2.16. The summed E-state index contributed by atoms with van der Waals surface area (Å²) in [6.45, 7) is 3.71. The summed E-state index contributed by atoms with van der Waals surface area (Å²) in [4.78, 5) is 0. The molecule has 70 valence electrons. The molecule has 2 rings (SSSR count).